The van der Waals surface area contributed by atoms with Crippen LogP contribution in [0.15, 0.2) is 71.6 Å². The molecule has 6 nitrogen and oxygen atoms in total. The lowest BCUT2D eigenvalue weighted by Gasteiger charge is -2.42. The number of fused-ring (bicyclic) bond motifs is 3. The van der Waals surface area contributed by atoms with Gasteiger partial charge in [0.25, 0.3) is 0 Å². The van der Waals surface area contributed by atoms with Gasteiger partial charge in [-0.25, -0.2) is 4.90 Å². The molecule has 2 saturated heterocycles. The molecule has 31 heavy (non-hydrogen) atoms. The van der Waals surface area contributed by atoms with Gasteiger partial charge >= 0.3 is 0 Å². The molecule has 3 aliphatic heterocycles. The van der Waals surface area contributed by atoms with Crippen molar-refractivity contribution >= 4 is 35.2 Å². The van der Waals surface area contributed by atoms with Crippen molar-refractivity contribution in [3.8, 4) is 0 Å². The van der Waals surface area contributed by atoms with Crippen LogP contribution in [-0.2, 0) is 19.1 Å². The fraction of sp³-hybridized carbons (Fsp3) is 0.292. The molecule has 3 heterocycles. The molecular formula is C24H22N2O4S. The Labute approximate surface area is 184 Å². The number of carbonyl (C=O) groups is 3. The largest absolute Gasteiger partial charge is 0.365 e. The van der Waals surface area contributed by atoms with Gasteiger partial charge < -0.3 is 10.1 Å². The molecule has 0 aliphatic carbocycles. The van der Waals surface area contributed by atoms with Crippen molar-refractivity contribution in [2.75, 3.05) is 4.90 Å². The molecule has 2 aromatic rings. The van der Waals surface area contributed by atoms with E-state index in [9.17, 15) is 14.4 Å². The number of carbonyl (C=O) groups excluding carboxylic acids is 3. The minimum absolute atomic E-state index is 0.134. The first kappa shape index (κ1) is 20.0. The number of amides is 3. The molecule has 1 N–H and O–H groups in total. The number of imide groups is 1. The smallest absolute Gasteiger partial charge is 0.248 e. The topological polar surface area (TPSA) is 75.7 Å². The van der Waals surface area contributed by atoms with E-state index in [0.717, 1.165) is 11.1 Å². The molecule has 158 valence electrons. The molecule has 0 spiro atoms. The van der Waals surface area contributed by atoms with Gasteiger partial charge in [0.1, 0.15) is 5.25 Å². The summed E-state index contributed by atoms with van der Waals surface area (Å²) >= 11 is 1.35. The van der Waals surface area contributed by atoms with E-state index >= 15 is 0 Å². The number of benzene rings is 2. The van der Waals surface area contributed by atoms with Gasteiger partial charge in [0.05, 0.1) is 29.9 Å². The molecular weight excluding hydrogens is 412 g/mol. The summed E-state index contributed by atoms with van der Waals surface area (Å²) in [5.74, 6) is -1.23. The van der Waals surface area contributed by atoms with Crippen molar-refractivity contribution in [2.24, 2.45) is 5.92 Å². The van der Waals surface area contributed by atoms with Crippen LogP contribution >= 0.6 is 11.8 Å². The zero-order valence-corrected chi connectivity index (χ0v) is 17.7. The Balaban J connectivity index is 1.52. The third-order valence-corrected chi connectivity index (χ3v) is 7.22. The van der Waals surface area contributed by atoms with Crippen molar-refractivity contribution in [1.29, 1.82) is 0 Å². The van der Waals surface area contributed by atoms with Crippen LogP contribution in [0.1, 0.15) is 25.0 Å². The number of hydrogen-bond donors (Lipinski definition) is 1. The van der Waals surface area contributed by atoms with Crippen molar-refractivity contribution in [2.45, 2.75) is 36.8 Å². The lowest BCUT2D eigenvalue weighted by Crippen LogP contribution is -2.50. The zero-order valence-electron chi connectivity index (χ0n) is 16.9. The van der Waals surface area contributed by atoms with Gasteiger partial charge in [-0.1, -0.05) is 48.5 Å². The summed E-state index contributed by atoms with van der Waals surface area (Å²) in [6, 6.07) is 18.5. The second-order valence-corrected chi connectivity index (χ2v) is 9.01. The average molecular weight is 435 g/mol. The van der Waals surface area contributed by atoms with E-state index in [1.807, 2.05) is 53.9 Å². The van der Waals surface area contributed by atoms with E-state index in [0.29, 0.717) is 12.1 Å². The second kappa shape index (κ2) is 7.98. The Morgan fingerprint density at radius 1 is 1.03 bits per heavy atom. The minimum atomic E-state index is -0.625. The molecule has 0 saturated carbocycles. The molecule has 0 radical (unpaired) electrons. The maximum Gasteiger partial charge on any atom is 0.248 e. The number of hydrogen-bond acceptors (Lipinski definition) is 5. The Morgan fingerprint density at radius 3 is 2.39 bits per heavy atom. The van der Waals surface area contributed by atoms with E-state index in [2.05, 4.69) is 5.32 Å². The molecule has 0 aromatic heterocycles. The standard InChI is InChI=1S/C24H22N2O4S/c1-14(27)25-18-12-19(15-8-4-2-5-9-15)30-21-17(18)13-31-22-20(21)23(28)26(24(22)29)16-10-6-3-7-11-16/h2-11,13,18-22H,12H2,1H3,(H,25,27)/t18-,19-,20+,21+,22-/m0/s1. The molecule has 0 bridgehead atoms. The molecule has 5 rings (SSSR count). The van der Waals surface area contributed by atoms with E-state index in [1.165, 1.54) is 23.6 Å². The summed E-state index contributed by atoms with van der Waals surface area (Å²) in [4.78, 5) is 39.8. The van der Waals surface area contributed by atoms with Gasteiger partial charge in [0.15, 0.2) is 0 Å². The van der Waals surface area contributed by atoms with E-state index in [-0.39, 0.29) is 29.9 Å². The first-order valence-corrected chi connectivity index (χ1v) is 11.2. The van der Waals surface area contributed by atoms with Crippen LogP contribution in [0.25, 0.3) is 0 Å². The highest BCUT2D eigenvalue weighted by Crippen LogP contribution is 2.48. The monoisotopic (exact) mass is 434 g/mol. The SMILES string of the molecule is CC(=O)N[C@H]1C[C@@H](c2ccccc2)O[C@@H]2C1=CS[C@@H]1C(=O)N(c3ccccc3)C(=O)[C@H]21. The predicted molar refractivity (Wildman–Crippen MR) is 118 cm³/mol. The number of nitrogens with zero attached hydrogens (tertiary/aromatic N) is 1. The number of para-hydroxylation sites is 1. The third kappa shape index (κ3) is 3.47. The highest BCUT2D eigenvalue weighted by atomic mass is 32.2. The summed E-state index contributed by atoms with van der Waals surface area (Å²) in [7, 11) is 0. The fourth-order valence-corrected chi connectivity index (χ4v) is 5.91. The number of ether oxygens (including phenoxy) is 1. The molecule has 2 fully saturated rings. The van der Waals surface area contributed by atoms with E-state index in [1.54, 1.807) is 12.1 Å². The summed E-state index contributed by atoms with van der Waals surface area (Å²) < 4.78 is 6.47. The van der Waals surface area contributed by atoms with Crippen LogP contribution in [0, 0.1) is 5.92 Å². The number of nitrogens with one attached hydrogen (secondary N) is 1. The first-order valence-electron chi connectivity index (χ1n) is 10.3. The van der Waals surface area contributed by atoms with E-state index < -0.39 is 17.3 Å². The lowest BCUT2D eigenvalue weighted by atomic mass is 9.83. The molecule has 7 heteroatoms. The highest BCUT2D eigenvalue weighted by molar-refractivity contribution is 8.03. The van der Waals surface area contributed by atoms with Crippen LogP contribution in [0.2, 0.25) is 0 Å². The van der Waals surface area contributed by atoms with Gasteiger partial charge in [0, 0.05) is 13.3 Å². The molecule has 2 aromatic carbocycles. The van der Waals surface area contributed by atoms with Crippen LogP contribution < -0.4 is 10.2 Å². The highest BCUT2D eigenvalue weighted by Gasteiger charge is 2.57. The molecule has 3 aliphatic rings. The number of thioether (sulfide) groups is 1. The average Bonchev–Trinajstić information content (AvgIpc) is 3.04. The van der Waals surface area contributed by atoms with Crippen molar-refractivity contribution < 1.29 is 19.1 Å². The maximum absolute atomic E-state index is 13.5. The number of rotatable bonds is 3. The van der Waals surface area contributed by atoms with Gasteiger partial charge in [-0.2, -0.15) is 0 Å². The van der Waals surface area contributed by atoms with Gasteiger partial charge in [-0.15, -0.1) is 11.8 Å². The lowest BCUT2D eigenvalue weighted by molar-refractivity contribution is -0.128. The molecule has 3 amide bonds. The van der Waals surface area contributed by atoms with Gasteiger partial charge in [-0.3, -0.25) is 14.4 Å². The van der Waals surface area contributed by atoms with Crippen molar-refractivity contribution in [3.63, 3.8) is 0 Å². The molecule has 5 atom stereocenters. The number of anilines is 1. The van der Waals surface area contributed by atoms with Crippen LogP contribution in [0.4, 0.5) is 5.69 Å². The van der Waals surface area contributed by atoms with Crippen LogP contribution in [0.3, 0.4) is 0 Å². The fourth-order valence-electron chi connectivity index (χ4n) is 4.65. The Hall–Kier alpha value is -2.90. The summed E-state index contributed by atoms with van der Waals surface area (Å²) in [6.07, 6.45) is -0.265. The molecule has 0 unspecified atom stereocenters. The quantitative estimate of drug-likeness (QED) is 0.751. The Bertz CT molecular complexity index is 1060. The minimum Gasteiger partial charge on any atom is -0.365 e. The third-order valence-electron chi connectivity index (χ3n) is 6.03. The summed E-state index contributed by atoms with van der Waals surface area (Å²) in [5.41, 5.74) is 2.43. The van der Waals surface area contributed by atoms with Gasteiger partial charge in [-0.05, 0) is 28.7 Å². The second-order valence-electron chi connectivity index (χ2n) is 7.99. The van der Waals surface area contributed by atoms with Crippen molar-refractivity contribution in [3.05, 3.63) is 77.2 Å². The van der Waals surface area contributed by atoms with Crippen LogP contribution in [0.5, 0.6) is 0 Å². The summed E-state index contributed by atoms with van der Waals surface area (Å²) in [5, 5.41) is 4.40. The maximum atomic E-state index is 13.5. The van der Waals surface area contributed by atoms with E-state index in [4.69, 9.17) is 4.74 Å². The van der Waals surface area contributed by atoms with Crippen LogP contribution in [-0.4, -0.2) is 35.1 Å². The summed E-state index contributed by atoms with van der Waals surface area (Å²) in [6.45, 7) is 1.49. The van der Waals surface area contributed by atoms with Crippen molar-refractivity contribution in [1.82, 2.24) is 5.32 Å². The Morgan fingerprint density at radius 2 is 1.71 bits per heavy atom. The zero-order chi connectivity index (χ0) is 21.5. The predicted octanol–water partition coefficient (Wildman–Crippen LogP) is 3.21. The Kier molecular flexibility index (Phi) is 5.16. The first-order chi connectivity index (χ1) is 15.0. The normalized spacial score (nSPS) is 29.8. The van der Waals surface area contributed by atoms with Gasteiger partial charge in [0.2, 0.25) is 17.7 Å².